The van der Waals surface area contributed by atoms with Gasteiger partial charge in [0.15, 0.2) is 17.2 Å². The lowest BCUT2D eigenvalue weighted by molar-refractivity contribution is -0.140. The zero-order valence-corrected chi connectivity index (χ0v) is 19.8. The number of benzene rings is 2. The number of aryl methyl sites for hydroxylation is 1. The maximum atomic E-state index is 13.0. The van der Waals surface area contributed by atoms with Gasteiger partial charge in [0.2, 0.25) is 0 Å². The van der Waals surface area contributed by atoms with E-state index in [9.17, 15) is 18.0 Å². The fraction of sp³-hybridized carbons (Fsp3) is 0.231. The van der Waals surface area contributed by atoms with E-state index in [1.807, 2.05) is 24.3 Å². The Morgan fingerprint density at radius 2 is 1.75 bits per heavy atom. The Kier molecular flexibility index (Phi) is 5.74. The molecule has 0 unspecified atom stereocenters. The van der Waals surface area contributed by atoms with Crippen LogP contribution in [-0.4, -0.2) is 29.1 Å². The average Bonchev–Trinajstić information content (AvgIpc) is 3.39. The second kappa shape index (κ2) is 8.78. The van der Waals surface area contributed by atoms with Crippen LogP contribution in [0.4, 0.5) is 13.2 Å². The molecular weight excluding hydrogens is 469 g/mol. The van der Waals surface area contributed by atoms with Crippen molar-refractivity contribution in [3.8, 4) is 22.8 Å². The number of nitrogens with one attached hydrogen (secondary N) is 1. The minimum atomic E-state index is -4.51. The smallest absolute Gasteiger partial charge is 0.333 e. The standard InChI is InChI=1S/C26H23F3N6O/c1-15(2)18-6-4-5-7-19(18)22-30-12-20-24(33-22)35(25(36)31-20)13-16-8-10-17(11-9-16)23-32-21(14-34(23)3)26(27,28)29/h4-12,14-15H,13H2,1-3H3,(H,31,36). The lowest BCUT2D eigenvalue weighted by Crippen LogP contribution is -2.17. The molecule has 0 radical (unpaired) electrons. The SMILES string of the molecule is CC(C)c1ccccc1-c1ncc2[nH]c(=O)n(Cc3ccc(-c4nc(C(F)(F)F)cn4C)cc3)c2n1. The van der Waals surface area contributed by atoms with E-state index in [-0.39, 0.29) is 24.0 Å². The van der Waals surface area contributed by atoms with Crippen molar-refractivity contribution in [3.05, 3.63) is 88.2 Å². The first-order valence-corrected chi connectivity index (χ1v) is 11.4. The van der Waals surface area contributed by atoms with Gasteiger partial charge in [0.25, 0.3) is 0 Å². The van der Waals surface area contributed by atoms with Crippen LogP contribution in [0.2, 0.25) is 0 Å². The number of aromatic amines is 1. The van der Waals surface area contributed by atoms with Crippen LogP contribution in [-0.2, 0) is 19.8 Å². The maximum absolute atomic E-state index is 13.0. The number of H-pyrrole nitrogens is 1. The van der Waals surface area contributed by atoms with Crippen LogP contribution in [0.25, 0.3) is 33.9 Å². The number of nitrogens with zero attached hydrogens (tertiary/aromatic N) is 5. The molecule has 3 aromatic heterocycles. The third-order valence-corrected chi connectivity index (χ3v) is 6.05. The third kappa shape index (κ3) is 4.30. The summed E-state index contributed by atoms with van der Waals surface area (Å²) in [6.45, 7) is 4.43. The first kappa shape index (κ1) is 23.5. The number of aromatic nitrogens is 6. The number of alkyl halides is 3. The van der Waals surface area contributed by atoms with E-state index in [2.05, 4.69) is 28.8 Å². The molecule has 10 heteroatoms. The molecule has 0 amide bonds. The minimum Gasteiger partial charge on any atom is -0.333 e. The van der Waals surface area contributed by atoms with E-state index in [0.717, 1.165) is 22.9 Å². The molecule has 0 fully saturated rings. The van der Waals surface area contributed by atoms with E-state index >= 15 is 0 Å². The van der Waals surface area contributed by atoms with Gasteiger partial charge >= 0.3 is 11.9 Å². The number of hydrogen-bond acceptors (Lipinski definition) is 4. The summed E-state index contributed by atoms with van der Waals surface area (Å²) >= 11 is 0. The van der Waals surface area contributed by atoms with Gasteiger partial charge in [0.1, 0.15) is 11.3 Å². The highest BCUT2D eigenvalue weighted by Gasteiger charge is 2.34. The molecule has 0 aliphatic heterocycles. The van der Waals surface area contributed by atoms with Crippen molar-refractivity contribution in [2.45, 2.75) is 32.5 Å². The molecule has 7 nitrogen and oxygen atoms in total. The summed E-state index contributed by atoms with van der Waals surface area (Å²) in [7, 11) is 1.52. The first-order valence-electron chi connectivity index (χ1n) is 11.4. The summed E-state index contributed by atoms with van der Waals surface area (Å²) in [5, 5.41) is 0. The summed E-state index contributed by atoms with van der Waals surface area (Å²) in [5.41, 5.74) is 3.09. The fourth-order valence-electron chi connectivity index (χ4n) is 4.24. The van der Waals surface area contributed by atoms with Gasteiger partial charge in [-0.05, 0) is 17.0 Å². The number of hydrogen-bond donors (Lipinski definition) is 1. The van der Waals surface area contributed by atoms with Crippen LogP contribution in [0, 0.1) is 0 Å². The molecule has 1 N–H and O–H groups in total. The summed E-state index contributed by atoms with van der Waals surface area (Å²) in [5.74, 6) is 1.02. The number of rotatable bonds is 5. The topological polar surface area (TPSA) is 81.4 Å². The van der Waals surface area contributed by atoms with Gasteiger partial charge in [0.05, 0.1) is 12.7 Å². The van der Waals surface area contributed by atoms with Crippen molar-refractivity contribution in [1.82, 2.24) is 29.1 Å². The largest absolute Gasteiger partial charge is 0.434 e. The van der Waals surface area contributed by atoms with Crippen LogP contribution < -0.4 is 5.69 Å². The van der Waals surface area contributed by atoms with E-state index in [1.165, 1.54) is 16.2 Å². The predicted octanol–water partition coefficient (Wildman–Crippen LogP) is 5.38. The highest BCUT2D eigenvalue weighted by atomic mass is 19.4. The van der Waals surface area contributed by atoms with Crippen molar-refractivity contribution < 1.29 is 13.2 Å². The Bertz CT molecular complexity index is 1610. The van der Waals surface area contributed by atoms with Crippen molar-refractivity contribution in [3.63, 3.8) is 0 Å². The highest BCUT2D eigenvalue weighted by molar-refractivity contribution is 5.73. The zero-order chi connectivity index (χ0) is 25.6. The summed E-state index contributed by atoms with van der Waals surface area (Å²) in [6, 6.07) is 14.8. The Labute approximate surface area is 204 Å². The van der Waals surface area contributed by atoms with Gasteiger partial charge in [-0.25, -0.2) is 19.7 Å². The van der Waals surface area contributed by atoms with Crippen LogP contribution in [0.1, 0.15) is 36.6 Å². The summed E-state index contributed by atoms with van der Waals surface area (Å²) in [4.78, 5) is 28.4. The van der Waals surface area contributed by atoms with Crippen LogP contribution in [0.3, 0.4) is 0 Å². The number of fused-ring (bicyclic) bond motifs is 1. The third-order valence-electron chi connectivity index (χ3n) is 6.05. The van der Waals surface area contributed by atoms with Gasteiger partial charge in [0, 0.05) is 24.4 Å². The monoisotopic (exact) mass is 492 g/mol. The Hall–Kier alpha value is -4.21. The molecule has 0 aliphatic rings. The lowest BCUT2D eigenvalue weighted by atomic mass is 9.97. The van der Waals surface area contributed by atoms with Gasteiger partial charge in [-0.2, -0.15) is 13.2 Å². The Balaban J connectivity index is 1.48. The maximum Gasteiger partial charge on any atom is 0.434 e. The van der Waals surface area contributed by atoms with Crippen LogP contribution >= 0.6 is 0 Å². The van der Waals surface area contributed by atoms with Crippen molar-refractivity contribution in [2.75, 3.05) is 0 Å². The van der Waals surface area contributed by atoms with E-state index in [0.29, 0.717) is 22.6 Å². The zero-order valence-electron chi connectivity index (χ0n) is 19.8. The van der Waals surface area contributed by atoms with Crippen molar-refractivity contribution in [1.29, 1.82) is 0 Å². The minimum absolute atomic E-state index is 0.208. The molecule has 3 heterocycles. The predicted molar refractivity (Wildman–Crippen MR) is 130 cm³/mol. The molecule has 0 bridgehead atoms. The molecular formula is C26H23F3N6O. The van der Waals surface area contributed by atoms with Gasteiger partial charge in [-0.1, -0.05) is 62.4 Å². The number of halogens is 3. The van der Waals surface area contributed by atoms with E-state index < -0.39 is 11.9 Å². The fourth-order valence-corrected chi connectivity index (χ4v) is 4.24. The average molecular weight is 493 g/mol. The van der Waals surface area contributed by atoms with E-state index in [4.69, 9.17) is 4.98 Å². The Morgan fingerprint density at radius 1 is 1.03 bits per heavy atom. The molecule has 0 saturated heterocycles. The van der Waals surface area contributed by atoms with Crippen LogP contribution in [0.5, 0.6) is 0 Å². The Morgan fingerprint density at radius 3 is 2.42 bits per heavy atom. The molecule has 0 saturated carbocycles. The van der Waals surface area contributed by atoms with Gasteiger partial charge in [-0.3, -0.25) is 4.57 Å². The molecule has 0 spiro atoms. The molecule has 0 atom stereocenters. The molecule has 184 valence electrons. The highest BCUT2D eigenvalue weighted by Crippen LogP contribution is 2.31. The lowest BCUT2D eigenvalue weighted by Gasteiger charge is -2.11. The normalized spacial score (nSPS) is 12.1. The summed E-state index contributed by atoms with van der Waals surface area (Å²) in [6.07, 6.45) is -1.94. The van der Waals surface area contributed by atoms with Crippen molar-refractivity contribution >= 4 is 11.2 Å². The summed E-state index contributed by atoms with van der Waals surface area (Å²) < 4.78 is 41.9. The molecule has 5 aromatic rings. The second-order valence-electron chi connectivity index (χ2n) is 8.94. The van der Waals surface area contributed by atoms with Gasteiger partial charge in [-0.15, -0.1) is 0 Å². The molecule has 36 heavy (non-hydrogen) atoms. The van der Waals surface area contributed by atoms with E-state index in [1.54, 1.807) is 30.5 Å². The molecule has 2 aromatic carbocycles. The van der Waals surface area contributed by atoms with Gasteiger partial charge < -0.3 is 9.55 Å². The van der Waals surface area contributed by atoms with Crippen molar-refractivity contribution in [2.24, 2.45) is 7.05 Å². The number of imidazole rings is 2. The second-order valence-corrected chi connectivity index (χ2v) is 8.94. The molecule has 5 rings (SSSR count). The molecule has 0 aliphatic carbocycles. The first-order chi connectivity index (χ1) is 17.1. The quantitative estimate of drug-likeness (QED) is 0.357. The van der Waals surface area contributed by atoms with Crippen LogP contribution in [0.15, 0.2) is 65.7 Å².